The largest absolute Gasteiger partial charge is 0.423 e. The van der Waals surface area contributed by atoms with Gasteiger partial charge >= 0.3 is 5.97 Å². The third-order valence-corrected chi connectivity index (χ3v) is 3.17. The number of carbonyl (C=O) groups excluding carboxylic acids is 1. The molecular weight excluding hydrogens is 329 g/mol. The van der Waals surface area contributed by atoms with Gasteiger partial charge in [-0.1, -0.05) is 35.3 Å². The summed E-state index contributed by atoms with van der Waals surface area (Å²) in [6.07, 6.45) is 2.65. The first-order chi connectivity index (χ1) is 10.5. The smallest absolute Gasteiger partial charge is 0.336 e. The monoisotopic (exact) mass is 337 g/mol. The van der Waals surface area contributed by atoms with Crippen molar-refractivity contribution in [2.75, 3.05) is 0 Å². The highest BCUT2D eigenvalue weighted by Gasteiger charge is 2.08. The number of halogens is 2. The standard InChI is InChI=1S/C15H9Cl2NO4/c16-11-6-4-10(14(17)8-11)5-7-15(19)22-13-3-1-2-12(9-13)18(20)21/h1-9H/b7-5+. The van der Waals surface area contributed by atoms with Crippen LogP contribution in [0.25, 0.3) is 6.08 Å². The van der Waals surface area contributed by atoms with Crippen molar-refractivity contribution in [3.05, 3.63) is 74.3 Å². The second kappa shape index (κ2) is 7.06. The van der Waals surface area contributed by atoms with Gasteiger partial charge < -0.3 is 4.74 Å². The Balaban J connectivity index is 2.08. The van der Waals surface area contributed by atoms with Gasteiger partial charge in [-0.3, -0.25) is 10.1 Å². The van der Waals surface area contributed by atoms with E-state index in [9.17, 15) is 14.9 Å². The fraction of sp³-hybridized carbons (Fsp3) is 0. The molecular formula is C15H9Cl2NO4. The number of benzene rings is 2. The van der Waals surface area contributed by atoms with E-state index in [4.69, 9.17) is 27.9 Å². The summed E-state index contributed by atoms with van der Waals surface area (Å²) in [6.45, 7) is 0. The van der Waals surface area contributed by atoms with Gasteiger partial charge in [-0.05, 0) is 29.8 Å². The van der Waals surface area contributed by atoms with Crippen LogP contribution in [0.15, 0.2) is 48.5 Å². The number of hydrogen-bond donors (Lipinski definition) is 0. The average molecular weight is 338 g/mol. The van der Waals surface area contributed by atoms with Crippen molar-refractivity contribution in [3.63, 3.8) is 0 Å². The van der Waals surface area contributed by atoms with Crippen molar-refractivity contribution in [1.82, 2.24) is 0 Å². The first-order valence-electron chi connectivity index (χ1n) is 6.05. The van der Waals surface area contributed by atoms with Crippen LogP contribution in [-0.4, -0.2) is 10.9 Å². The van der Waals surface area contributed by atoms with Gasteiger partial charge in [-0.25, -0.2) is 4.79 Å². The van der Waals surface area contributed by atoms with Crippen molar-refractivity contribution in [1.29, 1.82) is 0 Å². The van der Waals surface area contributed by atoms with Crippen LogP contribution in [0.5, 0.6) is 5.75 Å². The number of non-ortho nitro benzene ring substituents is 1. The quantitative estimate of drug-likeness (QED) is 0.270. The van der Waals surface area contributed by atoms with Gasteiger partial charge in [0.1, 0.15) is 5.75 Å². The number of nitro benzene ring substituents is 1. The van der Waals surface area contributed by atoms with E-state index in [1.807, 2.05) is 0 Å². The van der Waals surface area contributed by atoms with Crippen LogP contribution in [0, 0.1) is 10.1 Å². The molecule has 0 saturated heterocycles. The Kier molecular flexibility index (Phi) is 5.14. The number of hydrogen-bond acceptors (Lipinski definition) is 4. The van der Waals surface area contributed by atoms with Crippen molar-refractivity contribution < 1.29 is 14.5 Å². The Bertz CT molecular complexity index is 759. The zero-order chi connectivity index (χ0) is 16.1. The highest BCUT2D eigenvalue weighted by Crippen LogP contribution is 2.22. The number of carbonyl (C=O) groups is 1. The van der Waals surface area contributed by atoms with Crippen molar-refractivity contribution in [3.8, 4) is 5.75 Å². The topological polar surface area (TPSA) is 69.4 Å². The summed E-state index contributed by atoms with van der Waals surface area (Å²) in [5.41, 5.74) is 0.442. The summed E-state index contributed by atoms with van der Waals surface area (Å²) in [5.74, 6) is -0.586. The van der Waals surface area contributed by atoms with Crippen molar-refractivity contribution >= 4 is 40.9 Å². The molecule has 0 aliphatic carbocycles. The lowest BCUT2D eigenvalue weighted by Gasteiger charge is -2.01. The molecule has 2 aromatic carbocycles. The molecule has 0 aliphatic rings. The Morgan fingerprint density at radius 3 is 2.64 bits per heavy atom. The second-order valence-electron chi connectivity index (χ2n) is 4.17. The lowest BCUT2D eigenvalue weighted by Crippen LogP contribution is -2.03. The first-order valence-corrected chi connectivity index (χ1v) is 6.81. The summed E-state index contributed by atoms with van der Waals surface area (Å²) in [4.78, 5) is 21.8. The maximum atomic E-state index is 11.7. The van der Waals surface area contributed by atoms with Gasteiger partial charge in [0.15, 0.2) is 0 Å². The molecule has 0 saturated carbocycles. The van der Waals surface area contributed by atoms with Gasteiger partial charge in [0.05, 0.1) is 11.0 Å². The van der Waals surface area contributed by atoms with E-state index in [0.717, 1.165) is 0 Å². The minimum atomic E-state index is -0.675. The van der Waals surface area contributed by atoms with Gasteiger partial charge in [0.2, 0.25) is 0 Å². The summed E-state index contributed by atoms with van der Waals surface area (Å²) < 4.78 is 4.99. The summed E-state index contributed by atoms with van der Waals surface area (Å²) in [7, 11) is 0. The molecule has 5 nitrogen and oxygen atoms in total. The van der Waals surface area contributed by atoms with E-state index in [-0.39, 0.29) is 11.4 Å². The molecule has 0 aromatic heterocycles. The lowest BCUT2D eigenvalue weighted by molar-refractivity contribution is -0.384. The normalized spacial score (nSPS) is 10.6. The zero-order valence-corrected chi connectivity index (χ0v) is 12.5. The number of esters is 1. The number of rotatable bonds is 4. The Morgan fingerprint density at radius 1 is 1.18 bits per heavy atom. The average Bonchev–Trinajstić information content (AvgIpc) is 2.46. The third-order valence-electron chi connectivity index (χ3n) is 2.61. The number of nitro groups is 1. The maximum absolute atomic E-state index is 11.7. The lowest BCUT2D eigenvalue weighted by atomic mass is 10.2. The van der Waals surface area contributed by atoms with Crippen LogP contribution in [0.4, 0.5) is 5.69 Å². The van der Waals surface area contributed by atoms with E-state index in [1.165, 1.54) is 36.4 Å². The minimum Gasteiger partial charge on any atom is -0.423 e. The molecule has 2 aromatic rings. The molecule has 0 N–H and O–H groups in total. The van der Waals surface area contributed by atoms with E-state index in [2.05, 4.69) is 0 Å². The Labute approximate surface area is 135 Å². The predicted octanol–water partition coefficient (Wildman–Crippen LogP) is 4.52. The molecule has 22 heavy (non-hydrogen) atoms. The first kappa shape index (κ1) is 16.0. The molecule has 0 heterocycles. The zero-order valence-electron chi connectivity index (χ0n) is 11.0. The molecule has 0 atom stereocenters. The fourth-order valence-corrected chi connectivity index (χ4v) is 2.08. The molecule has 0 radical (unpaired) electrons. The summed E-state index contributed by atoms with van der Waals surface area (Å²) in [6, 6.07) is 10.2. The SMILES string of the molecule is O=C(/C=C/c1ccc(Cl)cc1Cl)Oc1cccc([N+](=O)[O-])c1. The molecule has 0 aliphatic heterocycles. The maximum Gasteiger partial charge on any atom is 0.336 e. The molecule has 7 heteroatoms. The number of nitrogens with zero attached hydrogens (tertiary/aromatic N) is 1. The van der Waals surface area contributed by atoms with Crippen LogP contribution >= 0.6 is 23.2 Å². The van der Waals surface area contributed by atoms with Gasteiger partial charge in [-0.2, -0.15) is 0 Å². The van der Waals surface area contributed by atoms with Crippen LogP contribution < -0.4 is 4.74 Å². The Hall–Kier alpha value is -2.37. The predicted molar refractivity (Wildman–Crippen MR) is 84.2 cm³/mol. The molecule has 0 fully saturated rings. The molecule has 2 rings (SSSR count). The van der Waals surface area contributed by atoms with E-state index in [0.29, 0.717) is 15.6 Å². The van der Waals surface area contributed by atoms with Crippen LogP contribution in [0.2, 0.25) is 10.0 Å². The van der Waals surface area contributed by atoms with Gasteiger partial charge in [0.25, 0.3) is 5.69 Å². The molecule has 0 unspecified atom stereocenters. The Morgan fingerprint density at radius 2 is 1.95 bits per heavy atom. The van der Waals surface area contributed by atoms with E-state index >= 15 is 0 Å². The molecule has 112 valence electrons. The van der Waals surface area contributed by atoms with Crippen molar-refractivity contribution in [2.24, 2.45) is 0 Å². The highest BCUT2D eigenvalue weighted by molar-refractivity contribution is 6.35. The molecule has 0 bridgehead atoms. The summed E-state index contributed by atoms with van der Waals surface area (Å²) >= 11 is 11.7. The van der Waals surface area contributed by atoms with Crippen LogP contribution in [0.3, 0.4) is 0 Å². The van der Waals surface area contributed by atoms with Gasteiger partial charge in [-0.15, -0.1) is 0 Å². The van der Waals surface area contributed by atoms with E-state index < -0.39 is 10.9 Å². The number of ether oxygens (including phenoxy) is 1. The summed E-state index contributed by atoms with van der Waals surface area (Å²) in [5, 5.41) is 11.5. The van der Waals surface area contributed by atoms with Crippen LogP contribution in [-0.2, 0) is 4.79 Å². The molecule has 0 spiro atoms. The second-order valence-corrected chi connectivity index (χ2v) is 5.02. The fourth-order valence-electron chi connectivity index (χ4n) is 1.61. The van der Waals surface area contributed by atoms with Gasteiger partial charge in [0, 0.05) is 22.2 Å². The van der Waals surface area contributed by atoms with Crippen molar-refractivity contribution in [2.45, 2.75) is 0 Å². The highest BCUT2D eigenvalue weighted by atomic mass is 35.5. The van der Waals surface area contributed by atoms with E-state index in [1.54, 1.807) is 18.2 Å². The third kappa shape index (κ3) is 4.31. The molecule has 0 amide bonds. The minimum absolute atomic E-state index is 0.0889. The van der Waals surface area contributed by atoms with Crippen LogP contribution in [0.1, 0.15) is 5.56 Å².